The van der Waals surface area contributed by atoms with E-state index in [9.17, 15) is 10.2 Å². The largest absolute Gasteiger partial charge is 0.390 e. The standard InChI is InChI=1S/C18H24ClN5O2/c1-7(2)11(8-3-4-8)21-16-12-17(23-18(19)22-16)24(6-20-12)13-9-5-10(9)14(25)15(13)26/h6-11,13-15,25-26H,3-5H2,1-2H3,(H,21,22,23)/t9-,10+,11+,13+,14+,15-/m0/s1. The molecular formula is C18H24ClN5O2. The third kappa shape index (κ3) is 2.52. The first-order valence-corrected chi connectivity index (χ1v) is 9.86. The van der Waals surface area contributed by atoms with Gasteiger partial charge in [0.25, 0.3) is 0 Å². The molecule has 0 saturated heterocycles. The highest BCUT2D eigenvalue weighted by Gasteiger charge is 2.60. The van der Waals surface area contributed by atoms with Crippen LogP contribution in [0.15, 0.2) is 6.33 Å². The molecule has 3 aliphatic carbocycles. The van der Waals surface area contributed by atoms with E-state index in [1.807, 2.05) is 4.57 Å². The van der Waals surface area contributed by atoms with Crippen molar-refractivity contribution in [3.63, 3.8) is 0 Å². The van der Waals surface area contributed by atoms with Gasteiger partial charge in [-0.1, -0.05) is 13.8 Å². The van der Waals surface area contributed by atoms with Gasteiger partial charge < -0.3 is 20.1 Å². The Hall–Kier alpha value is -1.44. The molecule has 3 N–H and O–H groups in total. The van der Waals surface area contributed by atoms with Crippen LogP contribution in [-0.2, 0) is 0 Å². The predicted molar refractivity (Wildman–Crippen MR) is 98.0 cm³/mol. The summed E-state index contributed by atoms with van der Waals surface area (Å²) in [6.45, 7) is 4.41. The quantitative estimate of drug-likeness (QED) is 0.691. The van der Waals surface area contributed by atoms with Gasteiger partial charge in [-0.3, -0.25) is 0 Å². The molecule has 2 heterocycles. The van der Waals surface area contributed by atoms with Gasteiger partial charge in [0.2, 0.25) is 5.28 Å². The topological polar surface area (TPSA) is 96.1 Å². The van der Waals surface area contributed by atoms with Crippen LogP contribution < -0.4 is 5.32 Å². The number of aromatic nitrogens is 4. The fourth-order valence-corrected chi connectivity index (χ4v) is 4.92. The summed E-state index contributed by atoms with van der Waals surface area (Å²) < 4.78 is 1.88. The fourth-order valence-electron chi connectivity index (χ4n) is 4.75. The van der Waals surface area contributed by atoms with Gasteiger partial charge in [-0.2, -0.15) is 9.97 Å². The third-order valence-corrected chi connectivity index (χ3v) is 6.50. The van der Waals surface area contributed by atoms with Crippen molar-refractivity contribution >= 4 is 28.6 Å². The lowest BCUT2D eigenvalue weighted by Gasteiger charge is -2.23. The van der Waals surface area contributed by atoms with Crippen LogP contribution in [0.5, 0.6) is 0 Å². The Morgan fingerprint density at radius 1 is 1.19 bits per heavy atom. The second-order valence-corrected chi connectivity index (χ2v) is 8.79. The van der Waals surface area contributed by atoms with Crippen LogP contribution in [0.3, 0.4) is 0 Å². The van der Waals surface area contributed by atoms with E-state index in [0.717, 1.165) is 6.42 Å². The van der Waals surface area contributed by atoms with Gasteiger partial charge in [-0.15, -0.1) is 0 Å². The lowest BCUT2D eigenvalue weighted by molar-refractivity contribution is 0.00386. The number of hydrogen-bond acceptors (Lipinski definition) is 6. The number of nitrogens with zero attached hydrogens (tertiary/aromatic N) is 4. The summed E-state index contributed by atoms with van der Waals surface area (Å²) in [7, 11) is 0. The summed E-state index contributed by atoms with van der Waals surface area (Å²) in [6.07, 6.45) is 3.64. The third-order valence-electron chi connectivity index (χ3n) is 6.34. The summed E-state index contributed by atoms with van der Waals surface area (Å²) in [5.74, 6) is 2.26. The Labute approximate surface area is 156 Å². The number of rotatable bonds is 5. The van der Waals surface area contributed by atoms with Crippen LogP contribution in [0, 0.1) is 23.7 Å². The number of halogens is 1. The predicted octanol–water partition coefficient (Wildman–Crippen LogP) is 2.24. The highest BCUT2D eigenvalue weighted by atomic mass is 35.5. The Morgan fingerprint density at radius 3 is 2.58 bits per heavy atom. The number of fused-ring (bicyclic) bond motifs is 2. The number of anilines is 1. The molecule has 3 aliphatic rings. The van der Waals surface area contributed by atoms with Crippen molar-refractivity contribution in [3.8, 4) is 0 Å². The Kier molecular flexibility index (Phi) is 3.71. The van der Waals surface area contributed by atoms with Crippen LogP contribution in [0.4, 0.5) is 5.82 Å². The highest BCUT2D eigenvalue weighted by molar-refractivity contribution is 6.28. The normalized spacial score (nSPS) is 34.3. The lowest BCUT2D eigenvalue weighted by atomic mass is 9.99. The lowest BCUT2D eigenvalue weighted by Crippen LogP contribution is -2.31. The number of imidazole rings is 1. The molecular weight excluding hydrogens is 354 g/mol. The zero-order valence-corrected chi connectivity index (χ0v) is 15.6. The first kappa shape index (κ1) is 16.7. The Bertz CT molecular complexity index is 849. The van der Waals surface area contributed by atoms with Crippen molar-refractivity contribution in [2.45, 2.75) is 57.4 Å². The molecule has 140 valence electrons. The maximum atomic E-state index is 10.4. The van der Waals surface area contributed by atoms with Crippen LogP contribution in [0.2, 0.25) is 5.28 Å². The molecule has 0 radical (unpaired) electrons. The van der Waals surface area contributed by atoms with Crippen molar-refractivity contribution in [3.05, 3.63) is 11.6 Å². The summed E-state index contributed by atoms with van der Waals surface area (Å²) in [4.78, 5) is 13.3. The van der Waals surface area contributed by atoms with Gasteiger partial charge in [0.1, 0.15) is 6.10 Å². The molecule has 3 fully saturated rings. The highest BCUT2D eigenvalue weighted by Crippen LogP contribution is 2.58. The summed E-state index contributed by atoms with van der Waals surface area (Å²) >= 11 is 6.21. The second kappa shape index (κ2) is 5.78. The second-order valence-electron chi connectivity index (χ2n) is 8.45. The van der Waals surface area contributed by atoms with E-state index in [4.69, 9.17) is 11.6 Å². The average molecular weight is 378 g/mol. The van der Waals surface area contributed by atoms with Gasteiger partial charge in [0.15, 0.2) is 17.0 Å². The van der Waals surface area contributed by atoms with Gasteiger partial charge in [-0.25, -0.2) is 4.98 Å². The molecule has 2 aromatic rings. The molecule has 26 heavy (non-hydrogen) atoms. The Morgan fingerprint density at radius 2 is 1.96 bits per heavy atom. The molecule has 8 heteroatoms. The fraction of sp³-hybridized carbons (Fsp3) is 0.722. The van der Waals surface area contributed by atoms with Crippen molar-refractivity contribution in [2.75, 3.05) is 5.32 Å². The molecule has 2 aromatic heterocycles. The minimum atomic E-state index is -0.795. The van der Waals surface area contributed by atoms with Crippen LogP contribution >= 0.6 is 11.6 Å². The zero-order chi connectivity index (χ0) is 18.2. The van der Waals surface area contributed by atoms with Crippen molar-refractivity contribution in [1.29, 1.82) is 0 Å². The van der Waals surface area contributed by atoms with E-state index in [0.29, 0.717) is 34.9 Å². The monoisotopic (exact) mass is 377 g/mol. The first-order chi connectivity index (χ1) is 12.5. The van der Waals surface area contributed by atoms with E-state index in [-0.39, 0.29) is 23.2 Å². The van der Waals surface area contributed by atoms with Crippen LogP contribution in [0.1, 0.15) is 39.2 Å². The van der Waals surface area contributed by atoms with Crippen molar-refractivity contribution < 1.29 is 10.2 Å². The number of aliphatic hydroxyl groups is 2. The van der Waals surface area contributed by atoms with Gasteiger partial charge in [0, 0.05) is 6.04 Å². The molecule has 0 aromatic carbocycles. The molecule has 0 amide bonds. The smallest absolute Gasteiger partial charge is 0.226 e. The molecule has 0 unspecified atom stereocenters. The van der Waals surface area contributed by atoms with Gasteiger partial charge in [-0.05, 0) is 54.5 Å². The molecule has 6 atom stereocenters. The minimum absolute atomic E-state index is 0.167. The van der Waals surface area contributed by atoms with E-state index in [2.05, 4.69) is 34.1 Å². The number of nitrogens with one attached hydrogen (secondary N) is 1. The average Bonchev–Trinajstić information content (AvgIpc) is 3.49. The maximum absolute atomic E-state index is 10.4. The molecule has 0 aliphatic heterocycles. The van der Waals surface area contributed by atoms with Gasteiger partial charge in [0.05, 0.1) is 18.5 Å². The minimum Gasteiger partial charge on any atom is -0.390 e. The van der Waals surface area contributed by atoms with E-state index >= 15 is 0 Å². The number of aliphatic hydroxyl groups excluding tert-OH is 2. The summed E-state index contributed by atoms with van der Waals surface area (Å²) in [5.41, 5.74) is 1.29. The molecule has 5 rings (SSSR count). The first-order valence-electron chi connectivity index (χ1n) is 9.48. The molecule has 3 saturated carbocycles. The van der Waals surface area contributed by atoms with Gasteiger partial charge >= 0.3 is 0 Å². The van der Waals surface area contributed by atoms with E-state index < -0.39 is 12.2 Å². The maximum Gasteiger partial charge on any atom is 0.226 e. The molecule has 0 spiro atoms. The van der Waals surface area contributed by atoms with Crippen molar-refractivity contribution in [1.82, 2.24) is 19.5 Å². The Balaban J connectivity index is 1.54. The summed E-state index contributed by atoms with van der Waals surface area (Å²) in [5, 5.41) is 24.3. The molecule has 7 nitrogen and oxygen atoms in total. The van der Waals surface area contributed by atoms with E-state index in [1.165, 1.54) is 12.8 Å². The summed E-state index contributed by atoms with van der Waals surface area (Å²) in [6, 6.07) is 0.129. The van der Waals surface area contributed by atoms with E-state index in [1.54, 1.807) is 6.33 Å². The molecule has 0 bridgehead atoms. The van der Waals surface area contributed by atoms with Crippen LogP contribution in [0.25, 0.3) is 11.2 Å². The SMILES string of the molecule is CC(C)[C@@H](Nc1nc(Cl)nc2c1ncn2[C@H]1[C@H](O)[C@H](O)[C@@H]2C[C@@H]21)C1CC1. The zero-order valence-electron chi connectivity index (χ0n) is 14.9. The van der Waals surface area contributed by atoms with Crippen LogP contribution in [-0.4, -0.2) is 48.0 Å². The number of hydrogen-bond donors (Lipinski definition) is 3. The van der Waals surface area contributed by atoms with Crippen molar-refractivity contribution in [2.24, 2.45) is 23.7 Å².